The number of nitrogens with zero attached hydrogens (tertiary/aromatic N) is 1. The summed E-state index contributed by atoms with van der Waals surface area (Å²) in [5.74, 6) is 1.01. The molecule has 2 aromatic rings. The highest BCUT2D eigenvalue weighted by atomic mass is 16.5. The minimum absolute atomic E-state index is 0.0362. The van der Waals surface area contributed by atoms with E-state index >= 15 is 0 Å². The maximum absolute atomic E-state index is 12.5. The van der Waals surface area contributed by atoms with Crippen molar-refractivity contribution in [3.8, 4) is 11.5 Å². The number of amides is 2. The van der Waals surface area contributed by atoms with Gasteiger partial charge in [0.05, 0.1) is 20.8 Å². The highest BCUT2D eigenvalue weighted by molar-refractivity contribution is 5.96. The largest absolute Gasteiger partial charge is 0.497 e. The van der Waals surface area contributed by atoms with Crippen molar-refractivity contribution in [1.82, 2.24) is 4.90 Å². The van der Waals surface area contributed by atoms with Gasteiger partial charge in [0.15, 0.2) is 0 Å². The molecule has 0 saturated carbocycles. The van der Waals surface area contributed by atoms with Crippen LogP contribution in [0.2, 0.25) is 0 Å². The number of carbonyl (C=O) groups excluding carboxylic acids is 2. The molecule has 0 aliphatic carbocycles. The van der Waals surface area contributed by atoms with Gasteiger partial charge in [-0.05, 0) is 31.0 Å². The molecule has 0 bridgehead atoms. The lowest BCUT2D eigenvalue weighted by molar-refractivity contribution is -0.114. The summed E-state index contributed by atoms with van der Waals surface area (Å²) in [5.41, 5.74) is 1.94. The lowest BCUT2D eigenvalue weighted by Gasteiger charge is -2.16. The molecule has 1 heterocycles. The van der Waals surface area contributed by atoms with Crippen molar-refractivity contribution in [1.29, 1.82) is 0 Å². The van der Waals surface area contributed by atoms with Gasteiger partial charge in [-0.1, -0.05) is 6.07 Å². The number of likely N-dealkylation sites (tertiary alicyclic amines) is 1. The Morgan fingerprint density at radius 2 is 1.64 bits per heavy atom. The molecule has 2 aromatic carbocycles. The average molecular weight is 383 g/mol. The Kier molecular flexibility index (Phi) is 6.37. The van der Waals surface area contributed by atoms with Gasteiger partial charge in [-0.2, -0.15) is 0 Å². The monoisotopic (exact) mass is 383 g/mol. The van der Waals surface area contributed by atoms with Gasteiger partial charge >= 0.3 is 0 Å². The average Bonchev–Trinajstić information content (AvgIpc) is 3.26. The second kappa shape index (κ2) is 9.12. The Labute approximate surface area is 164 Å². The number of methoxy groups -OCH3 is 2. The molecule has 2 N–H and O–H groups in total. The van der Waals surface area contributed by atoms with Gasteiger partial charge in [-0.25, -0.2) is 0 Å². The molecule has 148 valence electrons. The van der Waals surface area contributed by atoms with Gasteiger partial charge in [0.1, 0.15) is 11.5 Å². The van der Waals surface area contributed by atoms with Gasteiger partial charge in [0.2, 0.25) is 5.91 Å². The van der Waals surface area contributed by atoms with Crippen LogP contribution in [0.15, 0.2) is 42.5 Å². The van der Waals surface area contributed by atoms with E-state index in [9.17, 15) is 9.59 Å². The molecule has 0 spiro atoms. The number of hydrogen-bond acceptors (Lipinski definition) is 5. The minimum Gasteiger partial charge on any atom is -0.497 e. The molecule has 28 heavy (non-hydrogen) atoms. The van der Waals surface area contributed by atoms with Gasteiger partial charge < -0.3 is 25.0 Å². The Morgan fingerprint density at radius 1 is 0.964 bits per heavy atom. The van der Waals surface area contributed by atoms with Gasteiger partial charge in [0, 0.05) is 48.2 Å². The Balaban J connectivity index is 1.59. The minimum atomic E-state index is -0.216. The molecule has 1 saturated heterocycles. The van der Waals surface area contributed by atoms with Crippen molar-refractivity contribution in [2.24, 2.45) is 0 Å². The quantitative estimate of drug-likeness (QED) is 0.768. The first-order valence-corrected chi connectivity index (χ1v) is 9.25. The summed E-state index contributed by atoms with van der Waals surface area (Å²) in [6.45, 7) is 1.69. The van der Waals surface area contributed by atoms with Crippen molar-refractivity contribution in [2.45, 2.75) is 12.8 Å². The Morgan fingerprint density at radius 3 is 2.29 bits per heavy atom. The number of nitrogens with one attached hydrogen (secondary N) is 2. The summed E-state index contributed by atoms with van der Waals surface area (Å²) in [6, 6.07) is 12.4. The maximum Gasteiger partial charge on any atom is 0.253 e. The molecule has 1 aliphatic rings. The van der Waals surface area contributed by atoms with Crippen LogP contribution in [0.25, 0.3) is 0 Å². The standard InChI is InChI=1S/C21H25N3O4/c1-27-18-11-17(12-19(13-18)28-2)23-20(25)14-22-16-7-5-6-15(10-16)21(26)24-8-3-4-9-24/h5-7,10-13,22H,3-4,8-9,14H2,1-2H3,(H,23,25). The summed E-state index contributed by atoms with van der Waals surface area (Å²) in [5, 5.41) is 5.87. The fourth-order valence-corrected chi connectivity index (χ4v) is 3.13. The zero-order chi connectivity index (χ0) is 19.9. The molecule has 1 aliphatic heterocycles. The van der Waals surface area contributed by atoms with Crippen LogP contribution in [0.3, 0.4) is 0 Å². The number of ether oxygens (including phenoxy) is 2. The van der Waals surface area contributed by atoms with E-state index < -0.39 is 0 Å². The van der Waals surface area contributed by atoms with Crippen LogP contribution in [0.4, 0.5) is 11.4 Å². The van der Waals surface area contributed by atoms with E-state index in [4.69, 9.17) is 9.47 Å². The molecule has 7 nitrogen and oxygen atoms in total. The number of rotatable bonds is 7. The smallest absolute Gasteiger partial charge is 0.253 e. The molecular weight excluding hydrogens is 358 g/mol. The molecule has 3 rings (SSSR count). The van der Waals surface area contributed by atoms with E-state index in [2.05, 4.69) is 10.6 Å². The lowest BCUT2D eigenvalue weighted by atomic mass is 10.1. The van der Waals surface area contributed by atoms with Crippen molar-refractivity contribution >= 4 is 23.2 Å². The highest BCUT2D eigenvalue weighted by Gasteiger charge is 2.19. The molecule has 0 radical (unpaired) electrons. The van der Waals surface area contributed by atoms with Crippen LogP contribution in [-0.4, -0.2) is 50.6 Å². The zero-order valence-corrected chi connectivity index (χ0v) is 16.2. The number of benzene rings is 2. The zero-order valence-electron chi connectivity index (χ0n) is 16.2. The molecule has 2 amide bonds. The first-order chi connectivity index (χ1) is 13.6. The van der Waals surface area contributed by atoms with Crippen molar-refractivity contribution in [3.05, 3.63) is 48.0 Å². The third-order valence-electron chi connectivity index (χ3n) is 4.59. The second-order valence-corrected chi connectivity index (χ2v) is 6.58. The van der Waals surface area contributed by atoms with Crippen molar-refractivity contribution < 1.29 is 19.1 Å². The van der Waals surface area contributed by atoms with Crippen molar-refractivity contribution in [2.75, 3.05) is 44.5 Å². The summed E-state index contributed by atoms with van der Waals surface area (Å²) in [7, 11) is 3.11. The summed E-state index contributed by atoms with van der Waals surface area (Å²) in [6.07, 6.45) is 2.11. The SMILES string of the molecule is COc1cc(NC(=O)CNc2cccc(C(=O)N3CCCC3)c2)cc(OC)c1. The first kappa shape index (κ1) is 19.5. The Hall–Kier alpha value is -3.22. The summed E-state index contributed by atoms with van der Waals surface area (Å²) < 4.78 is 10.4. The third-order valence-corrected chi connectivity index (χ3v) is 4.59. The highest BCUT2D eigenvalue weighted by Crippen LogP contribution is 2.25. The van der Waals surface area contributed by atoms with Crippen LogP contribution in [0.1, 0.15) is 23.2 Å². The van der Waals surface area contributed by atoms with Gasteiger partial charge in [0.25, 0.3) is 5.91 Å². The van der Waals surface area contributed by atoms with E-state index in [1.807, 2.05) is 17.0 Å². The van der Waals surface area contributed by atoms with E-state index in [0.29, 0.717) is 22.7 Å². The molecule has 0 atom stereocenters. The lowest BCUT2D eigenvalue weighted by Crippen LogP contribution is -2.27. The van der Waals surface area contributed by atoms with Crippen LogP contribution in [0, 0.1) is 0 Å². The fourth-order valence-electron chi connectivity index (χ4n) is 3.13. The number of anilines is 2. The summed E-state index contributed by atoms with van der Waals surface area (Å²) in [4.78, 5) is 26.6. The summed E-state index contributed by atoms with van der Waals surface area (Å²) >= 11 is 0. The van der Waals surface area contributed by atoms with Crippen molar-refractivity contribution in [3.63, 3.8) is 0 Å². The Bertz CT molecular complexity index is 825. The van der Waals surface area contributed by atoms with Crippen LogP contribution < -0.4 is 20.1 Å². The maximum atomic E-state index is 12.5. The van der Waals surface area contributed by atoms with E-state index in [1.54, 1.807) is 44.6 Å². The predicted octanol–water partition coefficient (Wildman–Crippen LogP) is 2.99. The number of carbonyl (C=O) groups is 2. The van der Waals surface area contributed by atoms with Crippen LogP contribution >= 0.6 is 0 Å². The van der Waals surface area contributed by atoms with E-state index in [1.165, 1.54) is 0 Å². The molecule has 0 aromatic heterocycles. The molecular formula is C21H25N3O4. The molecule has 7 heteroatoms. The van der Waals surface area contributed by atoms with E-state index in [-0.39, 0.29) is 18.4 Å². The van der Waals surface area contributed by atoms with Crippen LogP contribution in [-0.2, 0) is 4.79 Å². The van der Waals surface area contributed by atoms with Gasteiger partial charge in [-0.3, -0.25) is 9.59 Å². The topological polar surface area (TPSA) is 79.9 Å². The first-order valence-electron chi connectivity index (χ1n) is 9.25. The van der Waals surface area contributed by atoms with E-state index in [0.717, 1.165) is 31.6 Å². The predicted molar refractivity (Wildman–Crippen MR) is 108 cm³/mol. The molecule has 0 unspecified atom stereocenters. The number of hydrogen-bond donors (Lipinski definition) is 2. The second-order valence-electron chi connectivity index (χ2n) is 6.58. The fraction of sp³-hybridized carbons (Fsp3) is 0.333. The van der Waals surface area contributed by atoms with Crippen LogP contribution in [0.5, 0.6) is 11.5 Å². The third kappa shape index (κ3) is 4.94. The molecule has 1 fully saturated rings. The normalized spacial score (nSPS) is 13.1. The van der Waals surface area contributed by atoms with Gasteiger partial charge in [-0.15, -0.1) is 0 Å².